The van der Waals surface area contributed by atoms with Crippen molar-refractivity contribution in [1.82, 2.24) is 15.3 Å². The van der Waals surface area contributed by atoms with Crippen LogP contribution in [0, 0.1) is 6.92 Å². The summed E-state index contributed by atoms with van der Waals surface area (Å²) in [6, 6.07) is 10.2. The largest absolute Gasteiger partial charge is 0.383 e. The van der Waals surface area contributed by atoms with Gasteiger partial charge < -0.3 is 15.0 Å². The van der Waals surface area contributed by atoms with Gasteiger partial charge in [-0.25, -0.2) is 4.98 Å². The van der Waals surface area contributed by atoms with Crippen molar-refractivity contribution < 1.29 is 9.53 Å². The number of carbonyl (C=O) groups excluding carboxylic acids is 1. The van der Waals surface area contributed by atoms with E-state index in [9.17, 15) is 4.79 Å². The second kappa shape index (κ2) is 8.74. The van der Waals surface area contributed by atoms with Gasteiger partial charge in [0.2, 0.25) is 5.91 Å². The van der Waals surface area contributed by atoms with E-state index in [1.54, 1.807) is 7.11 Å². The number of amides is 1. The molecule has 0 radical (unpaired) electrons. The SMILES string of the molecule is COC[C@H](C)NC(=O)CSc1nc(Cc2ccccc2)c(C)[nH]1. The Kier molecular flexibility index (Phi) is 6.67. The highest BCUT2D eigenvalue weighted by Gasteiger charge is 2.11. The van der Waals surface area contributed by atoms with Gasteiger partial charge in [-0.05, 0) is 19.4 Å². The number of imidazole rings is 1. The molecule has 0 unspecified atom stereocenters. The summed E-state index contributed by atoms with van der Waals surface area (Å²) in [4.78, 5) is 19.7. The Morgan fingerprint density at radius 2 is 2.13 bits per heavy atom. The van der Waals surface area contributed by atoms with E-state index in [0.29, 0.717) is 12.4 Å². The fourth-order valence-corrected chi connectivity index (χ4v) is 2.99. The molecule has 2 rings (SSSR count). The molecule has 0 saturated heterocycles. The Labute approximate surface area is 141 Å². The minimum absolute atomic E-state index is 0.0140. The van der Waals surface area contributed by atoms with Crippen LogP contribution in [-0.4, -0.2) is 41.4 Å². The smallest absolute Gasteiger partial charge is 0.230 e. The van der Waals surface area contributed by atoms with E-state index in [1.807, 2.05) is 32.0 Å². The van der Waals surface area contributed by atoms with Crippen LogP contribution in [0.15, 0.2) is 35.5 Å². The minimum atomic E-state index is -0.0155. The van der Waals surface area contributed by atoms with Crippen molar-refractivity contribution in [2.45, 2.75) is 31.5 Å². The molecule has 1 heterocycles. The summed E-state index contributed by atoms with van der Waals surface area (Å²) in [5.41, 5.74) is 3.29. The van der Waals surface area contributed by atoms with Crippen LogP contribution in [0.25, 0.3) is 0 Å². The van der Waals surface area contributed by atoms with Crippen LogP contribution in [0.5, 0.6) is 0 Å². The normalized spacial score (nSPS) is 12.1. The van der Waals surface area contributed by atoms with Crippen LogP contribution < -0.4 is 5.32 Å². The van der Waals surface area contributed by atoms with Gasteiger partial charge in [0.15, 0.2) is 5.16 Å². The second-order valence-corrected chi connectivity index (χ2v) is 6.45. The van der Waals surface area contributed by atoms with Gasteiger partial charge in [0.25, 0.3) is 0 Å². The summed E-state index contributed by atoms with van der Waals surface area (Å²) in [5.74, 6) is 0.324. The Bertz CT molecular complexity index is 628. The van der Waals surface area contributed by atoms with Crippen LogP contribution in [0.1, 0.15) is 23.9 Å². The highest BCUT2D eigenvalue weighted by molar-refractivity contribution is 7.99. The molecule has 2 N–H and O–H groups in total. The minimum Gasteiger partial charge on any atom is -0.383 e. The number of aryl methyl sites for hydroxylation is 1. The van der Waals surface area contributed by atoms with Crippen molar-refractivity contribution in [3.8, 4) is 0 Å². The zero-order valence-corrected chi connectivity index (χ0v) is 14.6. The first kappa shape index (κ1) is 17.6. The van der Waals surface area contributed by atoms with E-state index in [1.165, 1.54) is 17.3 Å². The number of methoxy groups -OCH3 is 1. The van der Waals surface area contributed by atoms with Crippen molar-refractivity contribution in [3.05, 3.63) is 47.3 Å². The maximum Gasteiger partial charge on any atom is 0.230 e. The number of thioether (sulfide) groups is 1. The number of nitrogens with zero attached hydrogens (tertiary/aromatic N) is 1. The number of ether oxygens (including phenoxy) is 1. The number of carbonyl (C=O) groups is 1. The van der Waals surface area contributed by atoms with Gasteiger partial charge >= 0.3 is 0 Å². The van der Waals surface area contributed by atoms with Crippen LogP contribution in [0.3, 0.4) is 0 Å². The molecule has 124 valence electrons. The van der Waals surface area contributed by atoms with Gasteiger partial charge in [-0.1, -0.05) is 42.1 Å². The quantitative estimate of drug-likeness (QED) is 0.729. The van der Waals surface area contributed by atoms with Gasteiger partial charge in [-0.2, -0.15) is 0 Å². The third-order valence-electron chi connectivity index (χ3n) is 3.34. The number of rotatable bonds is 8. The molecule has 1 amide bonds. The maximum absolute atomic E-state index is 11.9. The fraction of sp³-hybridized carbons (Fsp3) is 0.412. The zero-order chi connectivity index (χ0) is 16.7. The van der Waals surface area contributed by atoms with Crippen LogP contribution in [-0.2, 0) is 16.0 Å². The Morgan fingerprint density at radius 3 is 2.83 bits per heavy atom. The Balaban J connectivity index is 1.87. The molecule has 0 fully saturated rings. The molecule has 0 aliphatic rings. The lowest BCUT2D eigenvalue weighted by Crippen LogP contribution is -2.36. The van der Waals surface area contributed by atoms with Crippen molar-refractivity contribution >= 4 is 17.7 Å². The molecular weight excluding hydrogens is 310 g/mol. The van der Waals surface area contributed by atoms with E-state index in [2.05, 4.69) is 27.4 Å². The molecule has 0 spiro atoms. The molecule has 2 aromatic rings. The molecule has 1 aromatic heterocycles. The van der Waals surface area contributed by atoms with Gasteiger partial charge in [0.1, 0.15) is 0 Å². The van der Waals surface area contributed by atoms with Gasteiger partial charge in [0.05, 0.1) is 18.1 Å². The summed E-state index contributed by atoms with van der Waals surface area (Å²) < 4.78 is 5.00. The van der Waals surface area contributed by atoms with Crippen molar-refractivity contribution in [1.29, 1.82) is 0 Å². The van der Waals surface area contributed by atoms with E-state index < -0.39 is 0 Å². The van der Waals surface area contributed by atoms with Crippen molar-refractivity contribution in [2.24, 2.45) is 0 Å². The average molecular weight is 333 g/mol. The summed E-state index contributed by atoms with van der Waals surface area (Å²) in [5, 5.41) is 3.67. The number of aromatic amines is 1. The van der Waals surface area contributed by atoms with E-state index in [0.717, 1.165) is 23.0 Å². The topological polar surface area (TPSA) is 67.0 Å². The number of hydrogen-bond acceptors (Lipinski definition) is 4. The lowest BCUT2D eigenvalue weighted by Gasteiger charge is -2.11. The number of hydrogen-bond donors (Lipinski definition) is 2. The van der Waals surface area contributed by atoms with Crippen LogP contribution in [0.2, 0.25) is 0 Å². The summed E-state index contributed by atoms with van der Waals surface area (Å²) in [7, 11) is 1.62. The molecule has 5 nitrogen and oxygen atoms in total. The Hall–Kier alpha value is -1.79. The molecule has 0 bridgehead atoms. The van der Waals surface area contributed by atoms with Gasteiger partial charge in [-0.15, -0.1) is 0 Å². The first-order chi connectivity index (χ1) is 11.1. The fourth-order valence-electron chi connectivity index (χ4n) is 2.24. The van der Waals surface area contributed by atoms with Crippen molar-refractivity contribution in [2.75, 3.05) is 19.5 Å². The molecule has 23 heavy (non-hydrogen) atoms. The molecule has 6 heteroatoms. The Morgan fingerprint density at radius 1 is 1.39 bits per heavy atom. The summed E-state index contributed by atoms with van der Waals surface area (Å²) in [6.07, 6.45) is 0.792. The van der Waals surface area contributed by atoms with Crippen LogP contribution in [0.4, 0.5) is 0 Å². The number of H-pyrrole nitrogens is 1. The molecular formula is C17H23N3O2S. The summed E-state index contributed by atoms with van der Waals surface area (Å²) >= 11 is 1.41. The van der Waals surface area contributed by atoms with Gasteiger partial charge in [0, 0.05) is 25.3 Å². The van der Waals surface area contributed by atoms with E-state index >= 15 is 0 Å². The highest BCUT2D eigenvalue weighted by Crippen LogP contribution is 2.18. The molecule has 0 aliphatic carbocycles. The molecule has 0 saturated carbocycles. The lowest BCUT2D eigenvalue weighted by molar-refractivity contribution is -0.119. The third-order valence-corrected chi connectivity index (χ3v) is 4.22. The number of nitrogens with one attached hydrogen (secondary N) is 2. The maximum atomic E-state index is 11.9. The molecule has 0 aliphatic heterocycles. The van der Waals surface area contributed by atoms with E-state index in [4.69, 9.17) is 4.74 Å². The first-order valence-corrected chi connectivity index (χ1v) is 8.57. The number of benzene rings is 1. The van der Waals surface area contributed by atoms with Gasteiger partial charge in [-0.3, -0.25) is 4.79 Å². The monoisotopic (exact) mass is 333 g/mol. The average Bonchev–Trinajstić information content (AvgIpc) is 2.86. The second-order valence-electron chi connectivity index (χ2n) is 5.49. The standard InChI is InChI=1S/C17H23N3O2S/c1-12(10-22-3)18-16(21)11-23-17-19-13(2)15(20-17)9-14-7-5-4-6-8-14/h4-8,12H,9-11H2,1-3H3,(H,18,21)(H,19,20)/t12-/m0/s1. The molecule has 1 atom stereocenters. The predicted molar refractivity (Wildman–Crippen MR) is 92.8 cm³/mol. The summed E-state index contributed by atoms with van der Waals surface area (Å²) in [6.45, 7) is 4.44. The lowest BCUT2D eigenvalue weighted by atomic mass is 10.1. The van der Waals surface area contributed by atoms with Crippen LogP contribution >= 0.6 is 11.8 Å². The highest BCUT2D eigenvalue weighted by atomic mass is 32.2. The van der Waals surface area contributed by atoms with Crippen molar-refractivity contribution in [3.63, 3.8) is 0 Å². The third kappa shape index (κ3) is 5.73. The molecule has 1 aromatic carbocycles. The number of aromatic nitrogens is 2. The first-order valence-electron chi connectivity index (χ1n) is 7.59. The van der Waals surface area contributed by atoms with E-state index in [-0.39, 0.29) is 11.9 Å². The predicted octanol–water partition coefficient (Wildman–Crippen LogP) is 2.55. The zero-order valence-electron chi connectivity index (χ0n) is 13.8.